The van der Waals surface area contributed by atoms with Crippen LogP contribution in [-0.4, -0.2) is 95.9 Å². The fourth-order valence-corrected chi connectivity index (χ4v) is 11.9. The third-order valence-corrected chi connectivity index (χ3v) is 18.3. The number of phosphoric ester groups is 2. The Labute approximate surface area is 637 Å². The predicted octanol–water partition coefficient (Wildman–Crippen LogP) is 24.0. The summed E-state index contributed by atoms with van der Waals surface area (Å²) in [6.07, 6.45) is 99.7. The summed E-state index contributed by atoms with van der Waals surface area (Å²) in [4.78, 5) is 58.7. The quantitative estimate of drug-likeness (QED) is 0.0146. The average Bonchev–Trinajstić information content (AvgIpc) is 0.917. The summed E-state index contributed by atoms with van der Waals surface area (Å²) >= 11 is 0. The second kappa shape index (κ2) is 78.5. The van der Waals surface area contributed by atoms with Crippen LogP contribution in [0.25, 0.3) is 0 Å². The van der Waals surface area contributed by atoms with Gasteiger partial charge in [0.05, 0.1) is 26.4 Å². The first-order chi connectivity index (χ1) is 51.2. The molecule has 5 atom stereocenters. The van der Waals surface area contributed by atoms with Gasteiger partial charge in [0.25, 0.3) is 0 Å². The zero-order valence-corrected chi connectivity index (χ0v) is 67.1. The van der Waals surface area contributed by atoms with Crippen LogP contribution < -0.4 is 0 Å². The topological polar surface area (TPSA) is 231 Å². The van der Waals surface area contributed by atoms with Crippen LogP contribution in [0.15, 0.2) is 170 Å². The van der Waals surface area contributed by atoms with Crippen LogP contribution in [-0.2, 0) is 55.8 Å². The first-order valence-electron chi connectivity index (χ1n) is 40.4. The average molecular weight is 1510 g/mol. The molecule has 598 valence electrons. The van der Waals surface area contributed by atoms with Crippen molar-refractivity contribution in [3.05, 3.63) is 170 Å². The lowest BCUT2D eigenvalue weighted by atomic mass is 10.0. The lowest BCUT2D eigenvalue weighted by Gasteiger charge is -2.21. The minimum Gasteiger partial charge on any atom is -0.463 e. The third-order valence-electron chi connectivity index (χ3n) is 16.4. The molecule has 18 heteroatoms. The largest absolute Gasteiger partial charge is 0.472 e. The van der Waals surface area contributed by atoms with Crippen molar-refractivity contribution in [2.24, 2.45) is 0 Å². The maximum Gasteiger partial charge on any atom is 0.472 e. The standard InChI is InChI=1S/C87H144O16P2/c1-4-7-10-13-16-19-22-25-28-31-33-35-36-37-38-39-40-41-42-43-44-46-48-50-52-55-58-61-64-67-70-73-85(90)97-76-82(88)77-99-104(93,94)100-78-83(89)79-101-105(95,96)102-81-84(103-87(92)75-72-69-66-63-60-57-54-49-30-27-24-21-18-15-12-9-6-3)80-98-86(91)74-71-68-65-62-59-56-53-51-47-45-34-32-29-26-23-20-17-14-11-8-5-2/h7,9-10,12,16-21,25-30,33-35,37-38,40-41,45,51,53-54,57,82-84,88-89H,4-6,8,11,13-15,22-24,31-32,36,39,42-44,46-50,52,55-56,58-81H2,1-3H3,(H,93,94)(H,95,96)/b10-7-,12-9-,19-16-,20-17-,21-18-,28-25-,29-26-,30-27-,35-33-,38-37-,41-40-,45-34-,53-51-,57-54-. The highest BCUT2D eigenvalue weighted by Gasteiger charge is 2.29. The predicted molar refractivity (Wildman–Crippen MR) is 435 cm³/mol. The van der Waals surface area contributed by atoms with E-state index in [1.54, 1.807) is 0 Å². The summed E-state index contributed by atoms with van der Waals surface area (Å²) in [6.45, 7) is 2.37. The summed E-state index contributed by atoms with van der Waals surface area (Å²) in [5, 5.41) is 20.7. The molecule has 0 bridgehead atoms. The molecule has 16 nitrogen and oxygen atoms in total. The molecule has 0 saturated heterocycles. The maximum atomic E-state index is 13.0. The SMILES string of the molecule is CC/C=C\C/C=C\C/C=C\C/C=C\C/C=C\C/C=C\CCCCCCCCCCCCCCC(=O)OCC(O)COP(=O)(O)OCC(O)COP(=O)(O)OCC(COC(=O)CCCCCCC/C=C\C/C=C\C/C=C\C/C=C\CCCCC)OC(=O)CCCCCC/C=C\C/C=C\C/C=C\C/C=C\CC. The van der Waals surface area contributed by atoms with Crippen molar-refractivity contribution < 1.29 is 75.8 Å². The first-order valence-corrected chi connectivity index (χ1v) is 43.4. The molecule has 4 N–H and O–H groups in total. The number of carbonyl (C=O) groups excluding carboxylic acids is 3. The van der Waals surface area contributed by atoms with Crippen LogP contribution in [0.4, 0.5) is 0 Å². The van der Waals surface area contributed by atoms with Gasteiger partial charge in [0.1, 0.15) is 25.4 Å². The van der Waals surface area contributed by atoms with E-state index in [0.717, 1.165) is 167 Å². The van der Waals surface area contributed by atoms with Crippen LogP contribution >= 0.6 is 15.6 Å². The van der Waals surface area contributed by atoms with Crippen molar-refractivity contribution in [2.45, 2.75) is 322 Å². The van der Waals surface area contributed by atoms with Crippen molar-refractivity contribution in [3.63, 3.8) is 0 Å². The number of esters is 3. The Bertz CT molecular complexity index is 2590. The van der Waals surface area contributed by atoms with E-state index in [0.29, 0.717) is 19.3 Å². The number of aliphatic hydroxyl groups excluding tert-OH is 2. The molecule has 0 aromatic rings. The maximum absolute atomic E-state index is 13.0. The molecule has 0 radical (unpaired) electrons. The van der Waals surface area contributed by atoms with Crippen LogP contribution in [0.3, 0.4) is 0 Å². The highest BCUT2D eigenvalue weighted by molar-refractivity contribution is 7.47. The van der Waals surface area contributed by atoms with E-state index >= 15 is 0 Å². The molecule has 0 aliphatic heterocycles. The number of aliphatic hydroxyl groups is 2. The Balaban J connectivity index is 4.58. The molecule has 105 heavy (non-hydrogen) atoms. The fourth-order valence-electron chi connectivity index (χ4n) is 10.3. The van der Waals surface area contributed by atoms with Gasteiger partial charge in [-0.25, -0.2) is 9.13 Å². The Morgan fingerprint density at radius 3 is 0.800 bits per heavy atom. The van der Waals surface area contributed by atoms with Gasteiger partial charge in [0.2, 0.25) is 0 Å². The van der Waals surface area contributed by atoms with Crippen molar-refractivity contribution in [1.29, 1.82) is 0 Å². The van der Waals surface area contributed by atoms with Gasteiger partial charge in [-0.15, -0.1) is 0 Å². The molecule has 0 heterocycles. The van der Waals surface area contributed by atoms with Gasteiger partial charge in [-0.3, -0.25) is 32.5 Å². The number of allylic oxidation sites excluding steroid dienone is 28. The van der Waals surface area contributed by atoms with E-state index in [1.807, 2.05) is 0 Å². The van der Waals surface area contributed by atoms with Crippen LogP contribution in [0, 0.1) is 0 Å². The van der Waals surface area contributed by atoms with E-state index in [1.165, 1.54) is 77.0 Å². The van der Waals surface area contributed by atoms with Gasteiger partial charge >= 0.3 is 33.6 Å². The molecule has 0 amide bonds. The molecule has 0 fully saturated rings. The summed E-state index contributed by atoms with van der Waals surface area (Å²) in [7, 11) is -9.82. The normalized spacial score (nSPS) is 14.8. The van der Waals surface area contributed by atoms with Crippen molar-refractivity contribution in [2.75, 3.05) is 39.6 Å². The monoisotopic (exact) mass is 1510 g/mol. The highest BCUT2D eigenvalue weighted by atomic mass is 31.2. The van der Waals surface area contributed by atoms with Crippen molar-refractivity contribution >= 4 is 33.6 Å². The smallest absolute Gasteiger partial charge is 0.463 e. The lowest BCUT2D eigenvalue weighted by Crippen LogP contribution is -2.30. The second-order valence-corrected chi connectivity index (χ2v) is 29.4. The Hall–Kier alpha value is -5.09. The lowest BCUT2D eigenvalue weighted by molar-refractivity contribution is -0.161. The van der Waals surface area contributed by atoms with Crippen LogP contribution in [0.2, 0.25) is 0 Å². The molecule has 0 spiro atoms. The molecular formula is C87H144O16P2. The minimum atomic E-state index is -4.95. The van der Waals surface area contributed by atoms with Gasteiger partial charge in [0.15, 0.2) is 6.10 Å². The number of carbonyl (C=O) groups is 3. The number of unbranched alkanes of at least 4 members (excludes halogenated alkanes) is 24. The number of phosphoric acid groups is 2. The van der Waals surface area contributed by atoms with Crippen molar-refractivity contribution in [3.8, 4) is 0 Å². The number of rotatable bonds is 75. The third kappa shape index (κ3) is 79.8. The van der Waals surface area contributed by atoms with E-state index in [4.69, 9.17) is 32.3 Å². The van der Waals surface area contributed by atoms with Gasteiger partial charge in [-0.05, 0) is 154 Å². The van der Waals surface area contributed by atoms with E-state index in [9.17, 15) is 43.5 Å². The fraction of sp³-hybridized carbons (Fsp3) is 0.644. The molecule has 0 aliphatic carbocycles. The van der Waals surface area contributed by atoms with E-state index in [-0.39, 0.29) is 19.3 Å². The Morgan fingerprint density at radius 1 is 0.276 bits per heavy atom. The molecule has 0 aromatic carbocycles. The Morgan fingerprint density at radius 2 is 0.505 bits per heavy atom. The van der Waals surface area contributed by atoms with Gasteiger partial charge in [0, 0.05) is 19.3 Å². The summed E-state index contributed by atoms with van der Waals surface area (Å²) in [5.74, 6) is -1.63. The minimum absolute atomic E-state index is 0.0668. The van der Waals surface area contributed by atoms with Gasteiger partial charge < -0.3 is 34.2 Å². The zero-order chi connectivity index (χ0) is 76.6. The Kier molecular flexibility index (Phi) is 74.7. The van der Waals surface area contributed by atoms with Crippen LogP contribution in [0.5, 0.6) is 0 Å². The van der Waals surface area contributed by atoms with Gasteiger partial charge in [-0.2, -0.15) is 0 Å². The van der Waals surface area contributed by atoms with E-state index < -0.39 is 91.5 Å². The summed E-state index contributed by atoms with van der Waals surface area (Å²) in [5.41, 5.74) is 0. The molecule has 0 aliphatic rings. The zero-order valence-electron chi connectivity index (χ0n) is 65.3. The summed E-state index contributed by atoms with van der Waals surface area (Å²) < 4.78 is 61.2. The second-order valence-electron chi connectivity index (χ2n) is 26.5. The van der Waals surface area contributed by atoms with Crippen LogP contribution in [0.1, 0.15) is 303 Å². The van der Waals surface area contributed by atoms with Crippen molar-refractivity contribution in [1.82, 2.24) is 0 Å². The highest BCUT2D eigenvalue weighted by Crippen LogP contribution is 2.45. The molecule has 0 rings (SSSR count). The number of ether oxygens (including phenoxy) is 3. The number of hydrogen-bond acceptors (Lipinski definition) is 14. The first kappa shape index (κ1) is 99.9. The summed E-state index contributed by atoms with van der Waals surface area (Å²) in [6, 6.07) is 0. The molecule has 0 saturated carbocycles. The molecule has 5 unspecified atom stereocenters. The molecule has 0 aromatic heterocycles. The number of hydrogen-bond donors (Lipinski definition) is 4. The van der Waals surface area contributed by atoms with Gasteiger partial charge in [-0.1, -0.05) is 300 Å². The van der Waals surface area contributed by atoms with E-state index in [2.05, 4.69) is 191 Å². The molecular weight excluding hydrogens is 1360 g/mol.